The second kappa shape index (κ2) is 4.77. The Morgan fingerprint density at radius 1 is 1.35 bits per heavy atom. The third-order valence-corrected chi connectivity index (χ3v) is 3.93. The van der Waals surface area contributed by atoms with Crippen molar-refractivity contribution in [2.45, 2.75) is 13.8 Å². The minimum absolute atomic E-state index is 0.153. The minimum Gasteiger partial charge on any atom is -0.338 e. The summed E-state index contributed by atoms with van der Waals surface area (Å²) in [5.41, 5.74) is 0.153. The number of likely N-dealkylation sites (tertiary alicyclic amines) is 1. The van der Waals surface area contributed by atoms with Gasteiger partial charge in [0.1, 0.15) is 5.82 Å². The summed E-state index contributed by atoms with van der Waals surface area (Å²) in [6.07, 6.45) is 0. The van der Waals surface area contributed by atoms with Crippen molar-refractivity contribution in [2.75, 3.05) is 13.1 Å². The summed E-state index contributed by atoms with van der Waals surface area (Å²) in [5, 5.41) is 0. The molecule has 1 aliphatic rings. The van der Waals surface area contributed by atoms with Gasteiger partial charge in [0.25, 0.3) is 5.91 Å². The van der Waals surface area contributed by atoms with Crippen LogP contribution >= 0.6 is 15.9 Å². The standard InChI is InChI=1S/C13H15BrFNO/c1-8-6-16(7-9(8)2)13(17)11-5-10(14)3-4-12(11)15/h3-5,8-9H,6-7H2,1-2H3. The van der Waals surface area contributed by atoms with Crippen LogP contribution in [0, 0.1) is 17.7 Å². The number of hydrogen-bond acceptors (Lipinski definition) is 1. The average molecular weight is 300 g/mol. The maximum Gasteiger partial charge on any atom is 0.256 e. The normalized spacial score (nSPS) is 24.1. The summed E-state index contributed by atoms with van der Waals surface area (Å²) in [4.78, 5) is 13.9. The number of benzene rings is 1. The lowest BCUT2D eigenvalue weighted by Crippen LogP contribution is -2.29. The van der Waals surface area contributed by atoms with Crippen LogP contribution in [0.15, 0.2) is 22.7 Å². The topological polar surface area (TPSA) is 20.3 Å². The molecule has 0 bridgehead atoms. The lowest BCUT2D eigenvalue weighted by atomic mass is 10.0. The summed E-state index contributed by atoms with van der Waals surface area (Å²) in [6, 6.07) is 4.47. The van der Waals surface area contributed by atoms with E-state index >= 15 is 0 Å². The van der Waals surface area contributed by atoms with Gasteiger partial charge in [0.15, 0.2) is 0 Å². The predicted octanol–water partition coefficient (Wildman–Crippen LogP) is 3.32. The number of nitrogens with zero attached hydrogens (tertiary/aromatic N) is 1. The molecule has 2 atom stereocenters. The van der Waals surface area contributed by atoms with Gasteiger partial charge in [-0.1, -0.05) is 29.8 Å². The molecule has 92 valence electrons. The SMILES string of the molecule is CC1CN(C(=O)c2cc(Br)ccc2F)CC1C. The van der Waals surface area contributed by atoms with E-state index in [-0.39, 0.29) is 11.5 Å². The zero-order chi connectivity index (χ0) is 12.6. The molecule has 4 heteroatoms. The Kier molecular flexibility index (Phi) is 3.52. The summed E-state index contributed by atoms with van der Waals surface area (Å²) in [7, 11) is 0. The highest BCUT2D eigenvalue weighted by Gasteiger charge is 2.30. The lowest BCUT2D eigenvalue weighted by molar-refractivity contribution is 0.0780. The van der Waals surface area contributed by atoms with Gasteiger partial charge in [-0.2, -0.15) is 0 Å². The highest BCUT2D eigenvalue weighted by Crippen LogP contribution is 2.25. The van der Waals surface area contributed by atoms with Gasteiger partial charge in [-0.3, -0.25) is 4.79 Å². The van der Waals surface area contributed by atoms with Gasteiger partial charge in [-0.05, 0) is 30.0 Å². The van der Waals surface area contributed by atoms with Crippen LogP contribution in [-0.4, -0.2) is 23.9 Å². The Morgan fingerprint density at radius 2 is 1.94 bits per heavy atom. The van der Waals surface area contributed by atoms with Crippen molar-refractivity contribution in [3.8, 4) is 0 Å². The first-order valence-corrected chi connectivity index (χ1v) is 6.52. The van der Waals surface area contributed by atoms with E-state index in [0.717, 1.165) is 4.47 Å². The molecule has 1 saturated heterocycles. The third-order valence-electron chi connectivity index (χ3n) is 3.43. The van der Waals surface area contributed by atoms with E-state index in [9.17, 15) is 9.18 Å². The first-order valence-electron chi connectivity index (χ1n) is 5.73. The van der Waals surface area contributed by atoms with Crippen molar-refractivity contribution in [1.82, 2.24) is 4.90 Å². The molecule has 0 spiro atoms. The second-order valence-corrected chi connectivity index (χ2v) is 5.70. The summed E-state index contributed by atoms with van der Waals surface area (Å²) < 4.78 is 14.3. The molecule has 0 aromatic heterocycles. The summed E-state index contributed by atoms with van der Waals surface area (Å²) in [6.45, 7) is 5.67. The van der Waals surface area contributed by atoms with Crippen LogP contribution in [0.3, 0.4) is 0 Å². The van der Waals surface area contributed by atoms with Crippen molar-refractivity contribution < 1.29 is 9.18 Å². The maximum absolute atomic E-state index is 13.6. The molecular weight excluding hydrogens is 285 g/mol. The number of amides is 1. The number of hydrogen-bond donors (Lipinski definition) is 0. The molecule has 2 nitrogen and oxygen atoms in total. The van der Waals surface area contributed by atoms with Crippen LogP contribution in [0.1, 0.15) is 24.2 Å². The van der Waals surface area contributed by atoms with Crippen LogP contribution in [0.5, 0.6) is 0 Å². The highest BCUT2D eigenvalue weighted by atomic mass is 79.9. The smallest absolute Gasteiger partial charge is 0.256 e. The van der Waals surface area contributed by atoms with Crippen molar-refractivity contribution in [1.29, 1.82) is 0 Å². The van der Waals surface area contributed by atoms with Crippen molar-refractivity contribution in [2.24, 2.45) is 11.8 Å². The Balaban J connectivity index is 2.23. The monoisotopic (exact) mass is 299 g/mol. The van der Waals surface area contributed by atoms with Gasteiger partial charge in [0.2, 0.25) is 0 Å². The molecule has 1 heterocycles. The fourth-order valence-electron chi connectivity index (χ4n) is 2.13. The Morgan fingerprint density at radius 3 is 2.53 bits per heavy atom. The van der Waals surface area contributed by atoms with E-state index in [2.05, 4.69) is 29.8 Å². The van der Waals surface area contributed by atoms with E-state index in [1.54, 1.807) is 17.0 Å². The van der Waals surface area contributed by atoms with Crippen molar-refractivity contribution in [3.63, 3.8) is 0 Å². The molecule has 0 N–H and O–H groups in total. The van der Waals surface area contributed by atoms with Crippen LogP contribution in [0.4, 0.5) is 4.39 Å². The second-order valence-electron chi connectivity index (χ2n) is 4.79. The van der Waals surface area contributed by atoms with Crippen LogP contribution in [-0.2, 0) is 0 Å². The van der Waals surface area contributed by atoms with Gasteiger partial charge < -0.3 is 4.90 Å². The maximum atomic E-state index is 13.6. The molecule has 2 rings (SSSR count). The van der Waals surface area contributed by atoms with Crippen molar-refractivity contribution >= 4 is 21.8 Å². The Bertz CT molecular complexity index is 439. The molecule has 1 aliphatic heterocycles. The summed E-state index contributed by atoms with van der Waals surface area (Å²) in [5.74, 6) is 0.300. The fraction of sp³-hybridized carbons (Fsp3) is 0.462. The number of carbonyl (C=O) groups excluding carboxylic acids is 1. The van der Waals surface area contributed by atoms with Crippen molar-refractivity contribution in [3.05, 3.63) is 34.1 Å². The molecule has 17 heavy (non-hydrogen) atoms. The Labute approximate surface area is 109 Å². The van der Waals surface area contributed by atoms with E-state index in [1.165, 1.54) is 6.07 Å². The third kappa shape index (κ3) is 2.51. The fourth-order valence-corrected chi connectivity index (χ4v) is 2.49. The quantitative estimate of drug-likeness (QED) is 0.779. The average Bonchev–Trinajstić information content (AvgIpc) is 2.62. The molecule has 0 aliphatic carbocycles. The zero-order valence-corrected chi connectivity index (χ0v) is 11.5. The molecule has 2 unspecified atom stereocenters. The van der Waals surface area contributed by atoms with Gasteiger partial charge >= 0.3 is 0 Å². The molecule has 1 fully saturated rings. The minimum atomic E-state index is -0.453. The molecule has 0 radical (unpaired) electrons. The number of rotatable bonds is 1. The van der Waals surface area contributed by atoms with Gasteiger partial charge in [-0.15, -0.1) is 0 Å². The van der Waals surface area contributed by atoms with E-state index in [0.29, 0.717) is 24.9 Å². The molecular formula is C13H15BrFNO. The molecule has 0 saturated carbocycles. The molecule has 1 aromatic carbocycles. The van der Waals surface area contributed by atoms with Gasteiger partial charge in [0, 0.05) is 17.6 Å². The van der Waals surface area contributed by atoms with E-state index < -0.39 is 5.82 Å². The predicted molar refractivity (Wildman–Crippen MR) is 68.3 cm³/mol. The van der Waals surface area contributed by atoms with Crippen LogP contribution in [0.25, 0.3) is 0 Å². The molecule has 1 aromatic rings. The number of halogens is 2. The largest absolute Gasteiger partial charge is 0.338 e. The lowest BCUT2D eigenvalue weighted by Gasteiger charge is -2.16. The first-order chi connectivity index (χ1) is 7.99. The van der Waals surface area contributed by atoms with E-state index in [4.69, 9.17) is 0 Å². The Hall–Kier alpha value is -0.900. The highest BCUT2D eigenvalue weighted by molar-refractivity contribution is 9.10. The van der Waals surface area contributed by atoms with Gasteiger partial charge in [-0.25, -0.2) is 4.39 Å². The molecule has 1 amide bonds. The van der Waals surface area contributed by atoms with Crippen LogP contribution in [0.2, 0.25) is 0 Å². The van der Waals surface area contributed by atoms with E-state index in [1.807, 2.05) is 0 Å². The summed E-state index contributed by atoms with van der Waals surface area (Å²) >= 11 is 3.26. The number of carbonyl (C=O) groups is 1. The first kappa shape index (κ1) is 12.6. The van der Waals surface area contributed by atoms with Gasteiger partial charge in [0.05, 0.1) is 5.56 Å². The van der Waals surface area contributed by atoms with Crippen LogP contribution < -0.4 is 0 Å². The zero-order valence-electron chi connectivity index (χ0n) is 9.91.